The second-order valence-electron chi connectivity index (χ2n) is 5.53. The molecule has 3 N–H and O–H groups in total. The number of hydrogen-bond acceptors (Lipinski definition) is 6. The second kappa shape index (κ2) is 5.92. The molecule has 0 bridgehead atoms. The summed E-state index contributed by atoms with van der Waals surface area (Å²) < 4.78 is 16.1. The molecule has 4 aromatic heterocycles. The standard InChI is InChI=1S/C16H13FN8O/c1-9-2-5-21-25(9)12-3-4-19-7-11(12)22-16(26)13-14(18)23-24-8-10(17)6-20-15(13)24/h2-8H,1H3,(H2,18,23)(H,22,26). The van der Waals surface area contributed by atoms with Gasteiger partial charge in [-0.3, -0.25) is 9.78 Å². The molecule has 0 unspecified atom stereocenters. The molecule has 4 rings (SSSR count). The number of carbonyl (C=O) groups excluding carboxylic acids is 1. The summed E-state index contributed by atoms with van der Waals surface area (Å²) in [5, 5.41) is 10.9. The van der Waals surface area contributed by atoms with Gasteiger partial charge in [0.2, 0.25) is 0 Å². The van der Waals surface area contributed by atoms with Gasteiger partial charge in [-0.1, -0.05) is 0 Å². The number of pyridine rings is 1. The summed E-state index contributed by atoms with van der Waals surface area (Å²) in [4.78, 5) is 20.7. The van der Waals surface area contributed by atoms with Crippen molar-refractivity contribution < 1.29 is 9.18 Å². The summed E-state index contributed by atoms with van der Waals surface area (Å²) in [5.74, 6) is -1.17. The number of nitrogen functional groups attached to an aromatic ring is 1. The fraction of sp³-hybridized carbons (Fsp3) is 0.0625. The Kier molecular flexibility index (Phi) is 3.57. The Morgan fingerprint density at radius 2 is 2.12 bits per heavy atom. The number of aryl methyl sites for hydroxylation is 1. The molecule has 4 heterocycles. The largest absolute Gasteiger partial charge is 0.381 e. The molecule has 9 nitrogen and oxygen atoms in total. The zero-order chi connectivity index (χ0) is 18.3. The first-order valence-electron chi connectivity index (χ1n) is 7.60. The van der Waals surface area contributed by atoms with E-state index in [1.54, 1.807) is 23.1 Å². The average Bonchev–Trinajstić information content (AvgIpc) is 3.17. The highest BCUT2D eigenvalue weighted by Gasteiger charge is 2.21. The maximum Gasteiger partial charge on any atom is 0.263 e. The van der Waals surface area contributed by atoms with Crippen molar-refractivity contribution in [3.05, 3.63) is 60.2 Å². The number of nitrogens with zero attached hydrogens (tertiary/aromatic N) is 6. The van der Waals surface area contributed by atoms with Gasteiger partial charge in [0.25, 0.3) is 5.91 Å². The van der Waals surface area contributed by atoms with E-state index >= 15 is 0 Å². The van der Waals surface area contributed by atoms with Crippen molar-refractivity contribution in [1.82, 2.24) is 29.4 Å². The smallest absolute Gasteiger partial charge is 0.263 e. The monoisotopic (exact) mass is 352 g/mol. The average molecular weight is 352 g/mol. The van der Waals surface area contributed by atoms with Crippen LogP contribution in [0.3, 0.4) is 0 Å². The minimum atomic E-state index is -0.587. The molecule has 0 aliphatic heterocycles. The molecule has 0 fully saturated rings. The summed E-state index contributed by atoms with van der Waals surface area (Å²) in [6.07, 6.45) is 6.85. The highest BCUT2D eigenvalue weighted by molar-refractivity contribution is 6.12. The van der Waals surface area contributed by atoms with Crippen molar-refractivity contribution in [2.75, 3.05) is 11.1 Å². The number of carbonyl (C=O) groups is 1. The van der Waals surface area contributed by atoms with E-state index in [0.717, 1.165) is 22.6 Å². The van der Waals surface area contributed by atoms with Gasteiger partial charge in [0, 0.05) is 18.1 Å². The van der Waals surface area contributed by atoms with Crippen LogP contribution in [0.4, 0.5) is 15.9 Å². The van der Waals surface area contributed by atoms with Crippen LogP contribution in [0.5, 0.6) is 0 Å². The van der Waals surface area contributed by atoms with Crippen LogP contribution < -0.4 is 11.1 Å². The molecule has 0 radical (unpaired) electrons. The van der Waals surface area contributed by atoms with Crippen LogP contribution in [0.2, 0.25) is 0 Å². The van der Waals surface area contributed by atoms with Crippen LogP contribution in [0.25, 0.3) is 11.3 Å². The number of halogens is 1. The molecular weight excluding hydrogens is 339 g/mol. The van der Waals surface area contributed by atoms with E-state index in [9.17, 15) is 9.18 Å². The van der Waals surface area contributed by atoms with Crippen molar-refractivity contribution in [3.8, 4) is 5.69 Å². The van der Waals surface area contributed by atoms with E-state index < -0.39 is 11.7 Å². The first-order valence-corrected chi connectivity index (χ1v) is 7.60. The molecule has 0 saturated heterocycles. The number of nitrogens with two attached hydrogens (primary N) is 1. The van der Waals surface area contributed by atoms with Gasteiger partial charge in [0.15, 0.2) is 17.3 Å². The van der Waals surface area contributed by atoms with Crippen molar-refractivity contribution in [1.29, 1.82) is 0 Å². The minimum absolute atomic E-state index is 0.0528. The van der Waals surface area contributed by atoms with Crippen LogP contribution in [-0.2, 0) is 0 Å². The Labute approximate surface area is 146 Å². The zero-order valence-corrected chi connectivity index (χ0v) is 13.6. The Hall–Kier alpha value is -3.82. The molecule has 130 valence electrons. The lowest BCUT2D eigenvalue weighted by Crippen LogP contribution is -2.16. The van der Waals surface area contributed by atoms with Gasteiger partial charge in [-0.2, -0.15) is 5.10 Å². The van der Waals surface area contributed by atoms with Gasteiger partial charge in [-0.05, 0) is 19.1 Å². The maximum absolute atomic E-state index is 13.3. The third-order valence-corrected chi connectivity index (χ3v) is 3.80. The predicted octanol–water partition coefficient (Wildman–Crippen LogP) is 1.59. The number of anilines is 2. The lowest BCUT2D eigenvalue weighted by Gasteiger charge is -2.11. The first kappa shape index (κ1) is 15.7. The molecule has 10 heteroatoms. The van der Waals surface area contributed by atoms with Crippen molar-refractivity contribution in [2.24, 2.45) is 0 Å². The molecule has 4 aromatic rings. The zero-order valence-electron chi connectivity index (χ0n) is 13.6. The van der Waals surface area contributed by atoms with Crippen LogP contribution >= 0.6 is 0 Å². The molecule has 0 spiro atoms. The molecule has 0 aromatic carbocycles. The van der Waals surface area contributed by atoms with Gasteiger partial charge in [-0.25, -0.2) is 18.6 Å². The summed E-state index contributed by atoms with van der Waals surface area (Å²) >= 11 is 0. The molecule has 26 heavy (non-hydrogen) atoms. The van der Waals surface area contributed by atoms with Crippen molar-refractivity contribution in [2.45, 2.75) is 6.92 Å². The topological polar surface area (TPSA) is 116 Å². The molecule has 0 aliphatic rings. The predicted molar refractivity (Wildman–Crippen MR) is 91.4 cm³/mol. The fourth-order valence-electron chi connectivity index (χ4n) is 2.62. The van der Waals surface area contributed by atoms with Gasteiger partial charge < -0.3 is 11.1 Å². The van der Waals surface area contributed by atoms with Gasteiger partial charge in [-0.15, -0.1) is 5.10 Å². The van der Waals surface area contributed by atoms with Gasteiger partial charge >= 0.3 is 0 Å². The van der Waals surface area contributed by atoms with Gasteiger partial charge in [0.05, 0.1) is 30.0 Å². The number of fused-ring (bicyclic) bond motifs is 1. The van der Waals surface area contributed by atoms with E-state index in [2.05, 4.69) is 25.5 Å². The van der Waals surface area contributed by atoms with E-state index in [0.29, 0.717) is 11.4 Å². The van der Waals surface area contributed by atoms with E-state index in [1.807, 2.05) is 13.0 Å². The minimum Gasteiger partial charge on any atom is -0.381 e. The lowest BCUT2D eigenvalue weighted by molar-refractivity contribution is 0.102. The second-order valence-corrected chi connectivity index (χ2v) is 5.53. The third-order valence-electron chi connectivity index (χ3n) is 3.80. The third kappa shape index (κ3) is 2.53. The molecule has 1 amide bonds. The Morgan fingerprint density at radius 1 is 1.27 bits per heavy atom. The van der Waals surface area contributed by atoms with Crippen LogP contribution in [0.1, 0.15) is 16.1 Å². The summed E-state index contributed by atoms with van der Waals surface area (Å²) in [7, 11) is 0. The Balaban J connectivity index is 1.75. The van der Waals surface area contributed by atoms with E-state index in [4.69, 9.17) is 5.73 Å². The molecule has 0 atom stereocenters. The summed E-state index contributed by atoms with van der Waals surface area (Å²) in [6.45, 7) is 1.89. The summed E-state index contributed by atoms with van der Waals surface area (Å²) in [6, 6.07) is 3.57. The van der Waals surface area contributed by atoms with E-state index in [1.165, 1.54) is 6.20 Å². The number of aromatic nitrogens is 6. The highest BCUT2D eigenvalue weighted by atomic mass is 19.1. The van der Waals surface area contributed by atoms with E-state index in [-0.39, 0.29) is 17.0 Å². The lowest BCUT2D eigenvalue weighted by atomic mass is 10.2. The van der Waals surface area contributed by atoms with Gasteiger partial charge in [0.1, 0.15) is 5.56 Å². The summed E-state index contributed by atoms with van der Waals surface area (Å²) in [5.41, 5.74) is 8.00. The number of amides is 1. The molecular formula is C16H13FN8O. The van der Waals surface area contributed by atoms with Crippen LogP contribution in [0, 0.1) is 12.7 Å². The Bertz CT molecular complexity index is 1130. The first-order chi connectivity index (χ1) is 12.5. The normalized spacial score (nSPS) is 11.0. The van der Waals surface area contributed by atoms with Crippen LogP contribution in [-0.4, -0.2) is 35.3 Å². The van der Waals surface area contributed by atoms with Crippen molar-refractivity contribution >= 4 is 23.1 Å². The Morgan fingerprint density at radius 3 is 2.88 bits per heavy atom. The molecule has 0 aliphatic carbocycles. The number of nitrogens with one attached hydrogen (secondary N) is 1. The fourth-order valence-corrected chi connectivity index (χ4v) is 2.62. The van der Waals surface area contributed by atoms with Crippen LogP contribution in [0.15, 0.2) is 43.1 Å². The number of hydrogen-bond donors (Lipinski definition) is 2. The highest BCUT2D eigenvalue weighted by Crippen LogP contribution is 2.23. The maximum atomic E-state index is 13.3. The SMILES string of the molecule is Cc1ccnn1-c1ccncc1NC(=O)c1c(N)nn2cc(F)cnc12. The quantitative estimate of drug-likeness (QED) is 0.578. The van der Waals surface area contributed by atoms with Crippen molar-refractivity contribution in [3.63, 3.8) is 0 Å². The molecule has 0 saturated carbocycles. The number of rotatable bonds is 3.